The highest BCUT2D eigenvalue weighted by atomic mass is 35.5. The standard InChI is InChI=1S/C18H25F3N2O.ClH/c1-13-3-5-15(6-4-13)8-10-23(12-18(19,20)21)17(24)16-7-9-22-14(2)11-16;/h3-6,14,16,22H,7-12H2,1-2H3;1H/t14-,16-;/m0./s1. The summed E-state index contributed by atoms with van der Waals surface area (Å²) in [6, 6.07) is 7.83. The molecule has 0 saturated carbocycles. The van der Waals surface area contributed by atoms with Crippen LogP contribution in [0.1, 0.15) is 30.9 Å². The smallest absolute Gasteiger partial charge is 0.333 e. The molecule has 1 aromatic rings. The Morgan fingerprint density at radius 2 is 1.92 bits per heavy atom. The molecule has 1 saturated heterocycles. The van der Waals surface area contributed by atoms with E-state index in [2.05, 4.69) is 5.32 Å². The highest BCUT2D eigenvalue weighted by molar-refractivity contribution is 5.85. The first-order valence-electron chi connectivity index (χ1n) is 8.39. The molecule has 0 spiro atoms. The number of nitrogens with zero attached hydrogens (tertiary/aromatic N) is 1. The Hall–Kier alpha value is -1.27. The lowest BCUT2D eigenvalue weighted by atomic mass is 9.92. The van der Waals surface area contributed by atoms with Gasteiger partial charge in [-0.25, -0.2) is 0 Å². The van der Waals surface area contributed by atoms with Gasteiger partial charge >= 0.3 is 6.18 Å². The van der Waals surface area contributed by atoms with Gasteiger partial charge in [-0.3, -0.25) is 4.79 Å². The van der Waals surface area contributed by atoms with Crippen molar-refractivity contribution in [3.05, 3.63) is 35.4 Å². The van der Waals surface area contributed by atoms with Gasteiger partial charge in [-0.1, -0.05) is 29.8 Å². The second-order valence-corrected chi connectivity index (χ2v) is 6.69. The van der Waals surface area contributed by atoms with Gasteiger partial charge in [0.15, 0.2) is 0 Å². The summed E-state index contributed by atoms with van der Waals surface area (Å²) in [5.74, 6) is -0.686. The van der Waals surface area contributed by atoms with E-state index < -0.39 is 12.7 Å². The molecule has 1 N–H and O–H groups in total. The van der Waals surface area contributed by atoms with E-state index in [-0.39, 0.29) is 36.8 Å². The molecule has 1 amide bonds. The molecule has 0 radical (unpaired) electrons. The summed E-state index contributed by atoms with van der Waals surface area (Å²) in [6.07, 6.45) is -2.75. The van der Waals surface area contributed by atoms with Crippen LogP contribution in [0.5, 0.6) is 0 Å². The van der Waals surface area contributed by atoms with E-state index in [1.165, 1.54) is 0 Å². The van der Waals surface area contributed by atoms with Gasteiger partial charge < -0.3 is 10.2 Å². The second kappa shape index (κ2) is 9.43. The highest BCUT2D eigenvalue weighted by Crippen LogP contribution is 2.23. The van der Waals surface area contributed by atoms with Gasteiger partial charge in [0.25, 0.3) is 0 Å². The van der Waals surface area contributed by atoms with Crippen LogP contribution < -0.4 is 5.32 Å². The lowest BCUT2D eigenvalue weighted by Crippen LogP contribution is -2.47. The molecule has 1 aliphatic rings. The molecule has 0 aromatic heterocycles. The molecule has 3 nitrogen and oxygen atoms in total. The maximum atomic E-state index is 12.9. The van der Waals surface area contributed by atoms with E-state index in [1.54, 1.807) is 0 Å². The minimum Gasteiger partial charge on any atom is -0.333 e. The van der Waals surface area contributed by atoms with Crippen molar-refractivity contribution in [2.45, 2.75) is 45.3 Å². The normalized spacial score (nSPS) is 20.7. The summed E-state index contributed by atoms with van der Waals surface area (Å²) >= 11 is 0. The van der Waals surface area contributed by atoms with Gasteiger partial charge in [0, 0.05) is 18.5 Å². The highest BCUT2D eigenvalue weighted by Gasteiger charge is 2.36. The van der Waals surface area contributed by atoms with Crippen molar-refractivity contribution in [2.75, 3.05) is 19.6 Å². The van der Waals surface area contributed by atoms with Gasteiger partial charge in [0.2, 0.25) is 5.91 Å². The van der Waals surface area contributed by atoms with Crippen molar-refractivity contribution in [3.8, 4) is 0 Å². The number of piperidine rings is 1. The SMILES string of the molecule is Cc1ccc(CCN(CC(F)(F)F)C(=O)[C@H]2CCN[C@@H](C)C2)cc1.Cl. The summed E-state index contributed by atoms with van der Waals surface area (Å²) in [5.41, 5.74) is 2.05. The Labute approximate surface area is 153 Å². The van der Waals surface area contributed by atoms with Crippen molar-refractivity contribution < 1.29 is 18.0 Å². The Morgan fingerprint density at radius 1 is 1.28 bits per heavy atom. The van der Waals surface area contributed by atoms with Crippen LogP contribution in [0.4, 0.5) is 13.2 Å². The quantitative estimate of drug-likeness (QED) is 0.846. The minimum atomic E-state index is -4.37. The van der Waals surface area contributed by atoms with Crippen LogP contribution in [-0.4, -0.2) is 42.7 Å². The van der Waals surface area contributed by atoms with E-state index in [0.717, 1.165) is 16.0 Å². The van der Waals surface area contributed by atoms with Crippen LogP contribution in [0.25, 0.3) is 0 Å². The predicted octanol–water partition coefficient (Wildman–Crippen LogP) is 3.74. The Morgan fingerprint density at radius 3 is 2.48 bits per heavy atom. The number of hydrogen-bond donors (Lipinski definition) is 1. The Bertz CT molecular complexity index is 548. The van der Waals surface area contributed by atoms with Crippen LogP contribution in [0.3, 0.4) is 0 Å². The van der Waals surface area contributed by atoms with Gasteiger partial charge in [0.05, 0.1) is 0 Å². The van der Waals surface area contributed by atoms with E-state index in [9.17, 15) is 18.0 Å². The topological polar surface area (TPSA) is 32.3 Å². The molecule has 1 aromatic carbocycles. The van der Waals surface area contributed by atoms with Crippen molar-refractivity contribution in [1.82, 2.24) is 10.2 Å². The number of rotatable bonds is 5. The summed E-state index contributed by atoms with van der Waals surface area (Å²) in [5, 5.41) is 3.22. The molecular weight excluding hydrogens is 353 g/mol. The van der Waals surface area contributed by atoms with Crippen molar-refractivity contribution in [3.63, 3.8) is 0 Å². The molecule has 2 atom stereocenters. The van der Waals surface area contributed by atoms with Crippen LogP contribution in [0.2, 0.25) is 0 Å². The van der Waals surface area contributed by atoms with E-state index in [0.29, 0.717) is 25.8 Å². The van der Waals surface area contributed by atoms with Gasteiger partial charge in [-0.2, -0.15) is 13.2 Å². The van der Waals surface area contributed by atoms with Crippen molar-refractivity contribution in [1.29, 1.82) is 0 Å². The predicted molar refractivity (Wildman–Crippen MR) is 95.0 cm³/mol. The van der Waals surface area contributed by atoms with Crippen LogP contribution in [0.15, 0.2) is 24.3 Å². The fraction of sp³-hybridized carbons (Fsp3) is 0.611. The number of alkyl halides is 3. The number of carbonyl (C=O) groups excluding carboxylic acids is 1. The molecule has 0 bridgehead atoms. The summed E-state index contributed by atoms with van der Waals surface area (Å²) < 4.78 is 38.6. The number of carbonyl (C=O) groups is 1. The van der Waals surface area contributed by atoms with Crippen LogP contribution in [-0.2, 0) is 11.2 Å². The zero-order chi connectivity index (χ0) is 17.7. The first kappa shape index (κ1) is 21.8. The fourth-order valence-electron chi connectivity index (χ4n) is 3.12. The van der Waals surface area contributed by atoms with Crippen LogP contribution >= 0.6 is 12.4 Å². The number of hydrogen-bond acceptors (Lipinski definition) is 2. The van der Waals surface area contributed by atoms with E-state index >= 15 is 0 Å². The van der Waals surface area contributed by atoms with Crippen molar-refractivity contribution in [2.24, 2.45) is 5.92 Å². The fourth-order valence-corrected chi connectivity index (χ4v) is 3.12. The third kappa shape index (κ3) is 7.24. The van der Waals surface area contributed by atoms with Gasteiger partial charge in [-0.05, 0) is 45.2 Å². The van der Waals surface area contributed by atoms with Crippen molar-refractivity contribution >= 4 is 18.3 Å². The molecule has 2 rings (SSSR count). The molecule has 142 valence electrons. The molecule has 1 fully saturated rings. The summed E-state index contributed by atoms with van der Waals surface area (Å²) in [6.45, 7) is 3.52. The molecule has 0 aliphatic carbocycles. The largest absolute Gasteiger partial charge is 0.406 e. The first-order chi connectivity index (χ1) is 11.2. The molecule has 7 heteroatoms. The van der Waals surface area contributed by atoms with Gasteiger partial charge in [0.1, 0.15) is 6.54 Å². The lowest BCUT2D eigenvalue weighted by Gasteiger charge is -2.32. The number of nitrogens with one attached hydrogen (secondary N) is 1. The van der Waals surface area contributed by atoms with Crippen LogP contribution in [0, 0.1) is 12.8 Å². The second-order valence-electron chi connectivity index (χ2n) is 6.69. The zero-order valence-electron chi connectivity index (χ0n) is 14.6. The maximum absolute atomic E-state index is 12.9. The third-order valence-corrected chi connectivity index (χ3v) is 4.45. The number of aryl methyl sites for hydroxylation is 1. The maximum Gasteiger partial charge on any atom is 0.406 e. The molecule has 25 heavy (non-hydrogen) atoms. The van der Waals surface area contributed by atoms with E-state index in [4.69, 9.17) is 0 Å². The average Bonchev–Trinajstić information content (AvgIpc) is 2.51. The summed E-state index contributed by atoms with van der Waals surface area (Å²) in [4.78, 5) is 13.6. The number of halogens is 4. The minimum absolute atomic E-state index is 0. The number of amides is 1. The first-order valence-corrected chi connectivity index (χ1v) is 8.39. The molecular formula is C18H26ClF3N2O. The van der Waals surface area contributed by atoms with Gasteiger partial charge in [-0.15, -0.1) is 12.4 Å². The molecule has 1 aliphatic heterocycles. The summed E-state index contributed by atoms with van der Waals surface area (Å²) in [7, 11) is 0. The average molecular weight is 379 g/mol. The molecule has 0 unspecified atom stereocenters. The Balaban J connectivity index is 0.00000312. The lowest BCUT2D eigenvalue weighted by molar-refractivity contribution is -0.164. The Kier molecular flexibility index (Phi) is 8.22. The number of benzene rings is 1. The zero-order valence-corrected chi connectivity index (χ0v) is 15.4. The third-order valence-electron chi connectivity index (χ3n) is 4.45. The molecule has 1 heterocycles. The van der Waals surface area contributed by atoms with E-state index in [1.807, 2.05) is 38.1 Å². The monoisotopic (exact) mass is 378 g/mol.